The van der Waals surface area contributed by atoms with Gasteiger partial charge in [-0.05, 0) is 36.8 Å². The van der Waals surface area contributed by atoms with Gasteiger partial charge in [0.05, 0.1) is 10.9 Å². The largest absolute Gasteiger partial charge is 0.355 e. The van der Waals surface area contributed by atoms with E-state index in [2.05, 4.69) is 5.32 Å². The van der Waals surface area contributed by atoms with Gasteiger partial charge >= 0.3 is 5.69 Å². The van der Waals surface area contributed by atoms with Crippen molar-refractivity contribution in [3.8, 4) is 0 Å². The van der Waals surface area contributed by atoms with Gasteiger partial charge in [-0.15, -0.1) is 0 Å². The molecule has 0 aliphatic rings. The van der Waals surface area contributed by atoms with E-state index in [1.807, 2.05) is 0 Å². The van der Waals surface area contributed by atoms with Gasteiger partial charge in [0.1, 0.15) is 6.54 Å². The third-order valence-electron chi connectivity index (χ3n) is 5.03. The van der Waals surface area contributed by atoms with E-state index < -0.39 is 5.69 Å². The molecule has 8 heteroatoms. The maximum absolute atomic E-state index is 12.8. The number of nitrogens with one attached hydrogen (secondary N) is 1. The standard InChI is InChI=1S/C22H24N4O4/c1-4-25-21(29)17-7-5-6-8-18(17)26(22(25)30)14-19(27)24(3)13-15-9-11-16(12-10-15)20(28)23-2/h5-12H,4,13-14H2,1-3H3,(H,23,28). The van der Waals surface area contributed by atoms with Crippen molar-refractivity contribution >= 4 is 22.7 Å². The molecule has 30 heavy (non-hydrogen) atoms. The van der Waals surface area contributed by atoms with Crippen molar-refractivity contribution in [3.05, 3.63) is 80.5 Å². The number of hydrogen-bond acceptors (Lipinski definition) is 4. The van der Waals surface area contributed by atoms with Gasteiger partial charge < -0.3 is 10.2 Å². The lowest BCUT2D eigenvalue weighted by molar-refractivity contribution is -0.131. The van der Waals surface area contributed by atoms with Gasteiger partial charge in [-0.25, -0.2) is 4.79 Å². The van der Waals surface area contributed by atoms with Crippen LogP contribution in [-0.4, -0.2) is 39.9 Å². The number of carbonyl (C=O) groups excluding carboxylic acids is 2. The summed E-state index contributed by atoms with van der Waals surface area (Å²) in [5.74, 6) is -0.442. The zero-order valence-electron chi connectivity index (χ0n) is 17.2. The van der Waals surface area contributed by atoms with E-state index in [0.717, 1.165) is 10.1 Å². The van der Waals surface area contributed by atoms with Crippen LogP contribution >= 0.6 is 0 Å². The van der Waals surface area contributed by atoms with Crippen molar-refractivity contribution in [3.63, 3.8) is 0 Å². The van der Waals surface area contributed by atoms with Crippen LogP contribution in [0.25, 0.3) is 10.9 Å². The van der Waals surface area contributed by atoms with E-state index in [-0.39, 0.29) is 30.5 Å². The van der Waals surface area contributed by atoms with Gasteiger partial charge in [0, 0.05) is 32.7 Å². The Labute approximate surface area is 173 Å². The molecular weight excluding hydrogens is 384 g/mol. The van der Waals surface area contributed by atoms with Crippen LogP contribution in [0.3, 0.4) is 0 Å². The second-order valence-corrected chi connectivity index (χ2v) is 6.96. The molecule has 0 radical (unpaired) electrons. The average Bonchev–Trinajstić information content (AvgIpc) is 2.76. The average molecular weight is 408 g/mol. The number of para-hydroxylation sites is 1. The maximum atomic E-state index is 12.8. The van der Waals surface area contributed by atoms with E-state index in [0.29, 0.717) is 23.0 Å². The highest BCUT2D eigenvalue weighted by atomic mass is 16.2. The third kappa shape index (κ3) is 4.03. The van der Waals surface area contributed by atoms with Gasteiger partial charge in [-0.3, -0.25) is 23.5 Å². The van der Waals surface area contributed by atoms with E-state index >= 15 is 0 Å². The Morgan fingerprint density at radius 3 is 2.30 bits per heavy atom. The van der Waals surface area contributed by atoms with Crippen LogP contribution in [-0.2, 0) is 24.4 Å². The van der Waals surface area contributed by atoms with Crippen LogP contribution in [0.5, 0.6) is 0 Å². The molecule has 8 nitrogen and oxygen atoms in total. The van der Waals surface area contributed by atoms with Crippen LogP contribution < -0.4 is 16.6 Å². The molecule has 1 N–H and O–H groups in total. The Bertz CT molecular complexity index is 1210. The summed E-state index contributed by atoms with van der Waals surface area (Å²) in [6.07, 6.45) is 0. The Balaban J connectivity index is 1.85. The molecule has 0 atom stereocenters. The molecule has 0 saturated carbocycles. The van der Waals surface area contributed by atoms with Gasteiger partial charge in [0.15, 0.2) is 0 Å². The Morgan fingerprint density at radius 2 is 1.67 bits per heavy atom. The van der Waals surface area contributed by atoms with Crippen molar-refractivity contribution < 1.29 is 9.59 Å². The summed E-state index contributed by atoms with van der Waals surface area (Å²) >= 11 is 0. The van der Waals surface area contributed by atoms with Crippen LogP contribution in [0.15, 0.2) is 58.1 Å². The van der Waals surface area contributed by atoms with Crippen LogP contribution in [0.4, 0.5) is 0 Å². The number of carbonyl (C=O) groups is 2. The van der Waals surface area contributed by atoms with Crippen molar-refractivity contribution in [2.75, 3.05) is 14.1 Å². The minimum atomic E-state index is -0.502. The summed E-state index contributed by atoms with van der Waals surface area (Å²) in [4.78, 5) is 51.3. The van der Waals surface area contributed by atoms with Crippen LogP contribution in [0.1, 0.15) is 22.8 Å². The molecule has 3 rings (SSSR count). The minimum Gasteiger partial charge on any atom is -0.355 e. The van der Waals surface area contributed by atoms with Gasteiger partial charge in [-0.2, -0.15) is 0 Å². The fourth-order valence-electron chi connectivity index (χ4n) is 3.33. The molecule has 0 unspecified atom stereocenters. The highest BCUT2D eigenvalue weighted by Gasteiger charge is 2.17. The molecule has 0 saturated heterocycles. The van der Waals surface area contributed by atoms with Crippen molar-refractivity contribution in [2.45, 2.75) is 26.6 Å². The SMILES string of the molecule is CCn1c(=O)c2ccccc2n(CC(=O)N(C)Cc2ccc(C(=O)NC)cc2)c1=O. The molecule has 0 aliphatic heterocycles. The molecule has 2 aromatic carbocycles. The number of hydrogen-bond donors (Lipinski definition) is 1. The molecule has 1 heterocycles. The van der Waals surface area contributed by atoms with Crippen molar-refractivity contribution in [2.24, 2.45) is 0 Å². The van der Waals surface area contributed by atoms with Crippen LogP contribution in [0, 0.1) is 0 Å². The number of rotatable bonds is 6. The maximum Gasteiger partial charge on any atom is 0.331 e. The quantitative estimate of drug-likeness (QED) is 0.663. The molecule has 2 amide bonds. The predicted octanol–water partition coefficient (Wildman–Crippen LogP) is 1.20. The lowest BCUT2D eigenvalue weighted by atomic mass is 10.1. The molecule has 3 aromatic rings. The molecule has 0 bridgehead atoms. The van der Waals surface area contributed by atoms with E-state index in [1.165, 1.54) is 9.47 Å². The Kier molecular flexibility index (Phi) is 6.15. The number of benzene rings is 2. The molecule has 0 aliphatic carbocycles. The number of aromatic nitrogens is 2. The lowest BCUT2D eigenvalue weighted by Crippen LogP contribution is -2.42. The third-order valence-corrected chi connectivity index (χ3v) is 5.03. The molecule has 0 fully saturated rings. The van der Waals surface area contributed by atoms with Crippen LogP contribution in [0.2, 0.25) is 0 Å². The molecule has 0 spiro atoms. The second-order valence-electron chi connectivity index (χ2n) is 6.96. The lowest BCUT2D eigenvalue weighted by Gasteiger charge is -2.19. The normalized spacial score (nSPS) is 10.8. The van der Waals surface area contributed by atoms with Gasteiger partial charge in [0.2, 0.25) is 5.91 Å². The smallest absolute Gasteiger partial charge is 0.331 e. The zero-order chi connectivity index (χ0) is 21.8. The van der Waals surface area contributed by atoms with E-state index in [4.69, 9.17) is 0 Å². The number of amides is 2. The van der Waals surface area contributed by atoms with Crippen molar-refractivity contribution in [1.29, 1.82) is 0 Å². The summed E-state index contributed by atoms with van der Waals surface area (Å²) in [5, 5.41) is 2.96. The highest BCUT2D eigenvalue weighted by molar-refractivity contribution is 5.94. The Morgan fingerprint density at radius 1 is 1.00 bits per heavy atom. The summed E-state index contributed by atoms with van der Waals surface area (Å²) in [5.41, 5.74) is 0.974. The first-order chi connectivity index (χ1) is 14.4. The van der Waals surface area contributed by atoms with Gasteiger partial charge in [-0.1, -0.05) is 24.3 Å². The van der Waals surface area contributed by atoms with E-state index in [1.54, 1.807) is 69.6 Å². The Hall–Kier alpha value is -3.68. The molecule has 1 aromatic heterocycles. The van der Waals surface area contributed by atoms with Gasteiger partial charge in [0.25, 0.3) is 11.5 Å². The number of fused-ring (bicyclic) bond motifs is 1. The zero-order valence-corrected chi connectivity index (χ0v) is 17.2. The van der Waals surface area contributed by atoms with E-state index in [9.17, 15) is 19.2 Å². The first-order valence-electron chi connectivity index (χ1n) is 9.64. The van der Waals surface area contributed by atoms with Crippen molar-refractivity contribution in [1.82, 2.24) is 19.4 Å². The summed E-state index contributed by atoms with van der Waals surface area (Å²) in [6, 6.07) is 13.7. The monoisotopic (exact) mass is 408 g/mol. The molecular formula is C22H24N4O4. The first-order valence-corrected chi connectivity index (χ1v) is 9.64. The second kappa shape index (κ2) is 8.77. The first kappa shape index (κ1) is 21.0. The fraction of sp³-hybridized carbons (Fsp3) is 0.273. The fourth-order valence-corrected chi connectivity index (χ4v) is 3.33. The summed E-state index contributed by atoms with van der Waals surface area (Å²) < 4.78 is 2.47. The topological polar surface area (TPSA) is 93.4 Å². The predicted molar refractivity (Wildman–Crippen MR) is 114 cm³/mol. The highest BCUT2D eigenvalue weighted by Crippen LogP contribution is 2.10. The number of likely N-dealkylation sites (N-methyl/N-ethyl adjacent to an activating group) is 1. The molecule has 156 valence electrons. The summed E-state index contributed by atoms with van der Waals surface area (Å²) in [7, 11) is 3.22. The number of nitrogens with zero attached hydrogens (tertiary/aromatic N) is 3. The summed E-state index contributed by atoms with van der Waals surface area (Å²) in [6.45, 7) is 2.10. The minimum absolute atomic E-state index is 0.174.